The number of benzene rings is 1. The first-order chi connectivity index (χ1) is 8.61. The van der Waals surface area contributed by atoms with E-state index in [4.69, 9.17) is 16.9 Å². The zero-order chi connectivity index (χ0) is 13.1. The molecule has 1 amide bonds. The average Bonchev–Trinajstić information content (AvgIpc) is 2.41. The fourth-order valence-electron chi connectivity index (χ4n) is 2.10. The fraction of sp³-hybridized carbons (Fsp3) is 0.385. The van der Waals surface area contributed by atoms with E-state index in [0.717, 1.165) is 12.8 Å². The molecule has 3 nitrogen and oxygen atoms in total. The minimum absolute atomic E-state index is 0.0268. The number of hydrogen-bond acceptors (Lipinski definition) is 2. The van der Waals surface area contributed by atoms with Crippen LogP contribution in [0, 0.1) is 23.1 Å². The summed E-state index contributed by atoms with van der Waals surface area (Å²) in [6.45, 7) is 0.921. The lowest BCUT2D eigenvalue weighted by atomic mass is 9.99. The van der Waals surface area contributed by atoms with Crippen LogP contribution in [-0.4, -0.2) is 23.9 Å². The van der Waals surface area contributed by atoms with E-state index in [9.17, 15) is 9.18 Å². The van der Waals surface area contributed by atoms with Crippen molar-refractivity contribution in [1.82, 2.24) is 4.90 Å². The summed E-state index contributed by atoms with van der Waals surface area (Å²) < 4.78 is 13.6. The number of rotatable bonds is 1. The van der Waals surface area contributed by atoms with Gasteiger partial charge in [-0.15, -0.1) is 0 Å². The van der Waals surface area contributed by atoms with E-state index < -0.39 is 11.7 Å². The Bertz CT molecular complexity index is 512. The Kier molecular flexibility index (Phi) is 3.83. The van der Waals surface area contributed by atoms with Crippen LogP contribution in [0.1, 0.15) is 23.2 Å². The molecule has 0 saturated carbocycles. The normalized spacial score (nSPS) is 19.4. The molecule has 1 unspecified atom stereocenters. The van der Waals surface area contributed by atoms with Crippen LogP contribution < -0.4 is 0 Å². The van der Waals surface area contributed by atoms with Crippen molar-refractivity contribution in [3.8, 4) is 6.07 Å². The monoisotopic (exact) mass is 266 g/mol. The molecular weight excluding hydrogens is 255 g/mol. The second kappa shape index (κ2) is 5.36. The number of hydrogen-bond donors (Lipinski definition) is 0. The molecule has 1 heterocycles. The predicted molar refractivity (Wildman–Crippen MR) is 65.7 cm³/mol. The van der Waals surface area contributed by atoms with Gasteiger partial charge in [-0.2, -0.15) is 5.26 Å². The summed E-state index contributed by atoms with van der Waals surface area (Å²) in [7, 11) is 0. The molecule has 1 aliphatic rings. The molecular formula is C13H12ClFN2O. The maximum absolute atomic E-state index is 13.6. The molecule has 2 rings (SSSR count). The van der Waals surface area contributed by atoms with E-state index in [-0.39, 0.29) is 11.5 Å². The lowest BCUT2D eigenvalue weighted by Gasteiger charge is -2.29. The van der Waals surface area contributed by atoms with Gasteiger partial charge in [0.15, 0.2) is 0 Å². The van der Waals surface area contributed by atoms with Crippen molar-refractivity contribution >= 4 is 17.5 Å². The molecule has 0 aliphatic carbocycles. The van der Waals surface area contributed by atoms with E-state index in [1.54, 1.807) is 0 Å². The molecule has 0 radical (unpaired) electrons. The maximum Gasteiger partial charge on any atom is 0.256 e. The van der Waals surface area contributed by atoms with E-state index in [1.807, 2.05) is 0 Å². The summed E-state index contributed by atoms with van der Waals surface area (Å²) in [5.41, 5.74) is -0.0268. The van der Waals surface area contributed by atoms with Crippen LogP contribution in [0.15, 0.2) is 18.2 Å². The van der Waals surface area contributed by atoms with Crippen molar-refractivity contribution in [3.63, 3.8) is 0 Å². The van der Waals surface area contributed by atoms with Crippen molar-refractivity contribution < 1.29 is 9.18 Å². The zero-order valence-electron chi connectivity index (χ0n) is 9.70. The summed E-state index contributed by atoms with van der Waals surface area (Å²) in [5, 5.41) is 9.20. The van der Waals surface area contributed by atoms with Gasteiger partial charge < -0.3 is 4.90 Å². The number of amides is 1. The molecule has 5 heteroatoms. The molecule has 1 aromatic carbocycles. The van der Waals surface area contributed by atoms with Gasteiger partial charge in [-0.1, -0.05) is 11.6 Å². The number of likely N-dealkylation sites (tertiary alicyclic amines) is 1. The Morgan fingerprint density at radius 2 is 2.33 bits per heavy atom. The van der Waals surface area contributed by atoms with Gasteiger partial charge in [-0.3, -0.25) is 4.79 Å². The van der Waals surface area contributed by atoms with Crippen LogP contribution in [0.4, 0.5) is 4.39 Å². The van der Waals surface area contributed by atoms with Gasteiger partial charge in [0, 0.05) is 18.1 Å². The highest BCUT2D eigenvalue weighted by atomic mass is 35.5. The SMILES string of the molecule is N#CC1CCCN(C(=O)c2cc(Cl)ccc2F)C1. The number of piperidine rings is 1. The van der Waals surface area contributed by atoms with Crippen LogP contribution in [0.5, 0.6) is 0 Å². The summed E-state index contributed by atoms with van der Waals surface area (Å²) in [6.07, 6.45) is 1.56. The molecule has 1 atom stereocenters. The van der Waals surface area contributed by atoms with Gasteiger partial charge in [0.05, 0.1) is 17.6 Å². The zero-order valence-corrected chi connectivity index (χ0v) is 10.5. The predicted octanol–water partition coefficient (Wildman–Crippen LogP) is 2.85. The van der Waals surface area contributed by atoms with Gasteiger partial charge in [-0.25, -0.2) is 4.39 Å². The number of nitriles is 1. The maximum atomic E-state index is 13.6. The van der Waals surface area contributed by atoms with Crippen molar-refractivity contribution in [1.29, 1.82) is 5.26 Å². The Hall–Kier alpha value is -1.60. The number of carbonyl (C=O) groups is 1. The highest BCUT2D eigenvalue weighted by Gasteiger charge is 2.25. The first-order valence-corrected chi connectivity index (χ1v) is 6.13. The minimum Gasteiger partial charge on any atom is -0.337 e. The topological polar surface area (TPSA) is 44.1 Å². The lowest BCUT2D eigenvalue weighted by Crippen LogP contribution is -2.39. The molecule has 18 heavy (non-hydrogen) atoms. The molecule has 0 bridgehead atoms. The second-order valence-corrected chi connectivity index (χ2v) is 4.78. The third kappa shape index (κ3) is 2.62. The lowest BCUT2D eigenvalue weighted by molar-refractivity contribution is 0.0694. The fourth-order valence-corrected chi connectivity index (χ4v) is 2.27. The summed E-state index contributed by atoms with van der Waals surface area (Å²) in [4.78, 5) is 13.7. The van der Waals surface area contributed by atoms with Crippen LogP contribution in [0.25, 0.3) is 0 Å². The molecule has 0 spiro atoms. The van der Waals surface area contributed by atoms with Gasteiger partial charge in [0.2, 0.25) is 0 Å². The third-order valence-electron chi connectivity index (χ3n) is 3.05. The Morgan fingerprint density at radius 1 is 1.56 bits per heavy atom. The van der Waals surface area contributed by atoms with Crippen molar-refractivity contribution in [2.75, 3.05) is 13.1 Å². The molecule has 1 fully saturated rings. The molecule has 0 N–H and O–H groups in total. The largest absolute Gasteiger partial charge is 0.337 e. The highest BCUT2D eigenvalue weighted by molar-refractivity contribution is 6.31. The van der Waals surface area contributed by atoms with Gasteiger partial charge in [-0.05, 0) is 31.0 Å². The van der Waals surface area contributed by atoms with E-state index in [0.29, 0.717) is 18.1 Å². The number of halogens is 2. The smallest absolute Gasteiger partial charge is 0.256 e. The number of carbonyl (C=O) groups excluding carboxylic acids is 1. The molecule has 94 valence electrons. The van der Waals surface area contributed by atoms with Gasteiger partial charge in [0.25, 0.3) is 5.91 Å². The van der Waals surface area contributed by atoms with Crippen molar-refractivity contribution in [3.05, 3.63) is 34.6 Å². The molecule has 1 aliphatic heterocycles. The summed E-state index contributed by atoms with van der Waals surface area (Å²) >= 11 is 5.77. The van der Waals surface area contributed by atoms with Crippen LogP contribution in [-0.2, 0) is 0 Å². The minimum atomic E-state index is -0.580. The molecule has 1 aromatic rings. The van der Waals surface area contributed by atoms with Gasteiger partial charge in [0.1, 0.15) is 5.82 Å². The van der Waals surface area contributed by atoms with E-state index >= 15 is 0 Å². The Balaban J connectivity index is 2.21. The molecule has 0 aromatic heterocycles. The second-order valence-electron chi connectivity index (χ2n) is 4.34. The first kappa shape index (κ1) is 12.8. The summed E-state index contributed by atoms with van der Waals surface area (Å²) in [5.74, 6) is -1.14. The number of nitrogens with zero attached hydrogens (tertiary/aromatic N) is 2. The van der Waals surface area contributed by atoms with Crippen LogP contribution in [0.2, 0.25) is 5.02 Å². The van der Waals surface area contributed by atoms with E-state index in [1.165, 1.54) is 23.1 Å². The average molecular weight is 267 g/mol. The van der Waals surface area contributed by atoms with Crippen LogP contribution >= 0.6 is 11.6 Å². The Labute approximate surface area is 110 Å². The summed E-state index contributed by atoms with van der Waals surface area (Å²) in [6, 6.07) is 6.07. The van der Waals surface area contributed by atoms with Crippen molar-refractivity contribution in [2.45, 2.75) is 12.8 Å². The first-order valence-electron chi connectivity index (χ1n) is 5.75. The quantitative estimate of drug-likeness (QED) is 0.784. The van der Waals surface area contributed by atoms with E-state index in [2.05, 4.69) is 6.07 Å². The Morgan fingerprint density at radius 3 is 3.06 bits per heavy atom. The van der Waals surface area contributed by atoms with Crippen LogP contribution in [0.3, 0.4) is 0 Å². The standard InChI is InChI=1S/C13H12ClFN2O/c14-10-3-4-12(15)11(6-10)13(18)17-5-1-2-9(7-16)8-17/h3-4,6,9H,1-2,5,8H2. The highest BCUT2D eigenvalue weighted by Crippen LogP contribution is 2.21. The van der Waals surface area contributed by atoms with Crippen molar-refractivity contribution in [2.24, 2.45) is 5.92 Å². The molecule has 1 saturated heterocycles. The van der Waals surface area contributed by atoms with Gasteiger partial charge >= 0.3 is 0 Å². The third-order valence-corrected chi connectivity index (χ3v) is 3.29.